The van der Waals surface area contributed by atoms with E-state index in [9.17, 15) is 9.18 Å². The Bertz CT molecular complexity index is 2010. The lowest BCUT2D eigenvalue weighted by Gasteiger charge is -2.27. The molecule has 1 aliphatic carbocycles. The Balaban J connectivity index is 1.16. The fourth-order valence-corrected chi connectivity index (χ4v) is 6.38. The molecule has 9 heteroatoms. The molecule has 8 rings (SSSR count). The highest BCUT2D eigenvalue weighted by Gasteiger charge is 2.35. The molecule has 5 heterocycles. The number of piperidine rings is 1. The van der Waals surface area contributed by atoms with Crippen molar-refractivity contribution in [3.05, 3.63) is 114 Å². The van der Waals surface area contributed by atoms with Gasteiger partial charge in [0.2, 0.25) is 0 Å². The molecule has 0 spiro atoms. The van der Waals surface area contributed by atoms with Gasteiger partial charge in [-0.1, -0.05) is 24.3 Å². The monoisotopic (exact) mass is 597 g/mol. The van der Waals surface area contributed by atoms with Gasteiger partial charge in [0.15, 0.2) is 11.4 Å². The zero-order chi connectivity index (χ0) is 30.3. The first-order valence-corrected chi connectivity index (χ1v) is 15.6. The van der Waals surface area contributed by atoms with Crippen LogP contribution in [-0.2, 0) is 6.42 Å². The Hall–Kier alpha value is -5.02. The second kappa shape index (κ2) is 11.5. The molecule has 0 bridgehead atoms. The van der Waals surface area contributed by atoms with Crippen LogP contribution in [0.25, 0.3) is 39.4 Å². The molecule has 0 amide bonds. The fraction of sp³-hybridized carbons (Fsp3) is 0.250. The number of ketones is 1. The van der Waals surface area contributed by atoms with Gasteiger partial charge in [-0.3, -0.25) is 9.78 Å². The number of halogens is 1. The quantitative estimate of drug-likeness (QED) is 0.197. The maximum absolute atomic E-state index is 13.9. The van der Waals surface area contributed by atoms with E-state index < -0.39 is 0 Å². The zero-order valence-corrected chi connectivity index (χ0v) is 24.7. The minimum Gasteiger partial charge on any atom is -0.323 e. The topological polar surface area (TPSA) is 90.0 Å². The van der Waals surface area contributed by atoms with Crippen molar-refractivity contribution >= 4 is 11.4 Å². The average molecular weight is 598 g/mol. The van der Waals surface area contributed by atoms with Crippen LogP contribution >= 0.6 is 0 Å². The Morgan fingerprint density at radius 3 is 2.49 bits per heavy atom. The molecule has 1 saturated heterocycles. The summed E-state index contributed by atoms with van der Waals surface area (Å²) in [5, 5.41) is 8.52. The Labute approximate surface area is 260 Å². The van der Waals surface area contributed by atoms with Crippen molar-refractivity contribution in [2.24, 2.45) is 0 Å². The van der Waals surface area contributed by atoms with Crippen molar-refractivity contribution in [3.63, 3.8) is 0 Å². The van der Waals surface area contributed by atoms with Crippen LogP contribution in [0, 0.1) is 5.82 Å². The summed E-state index contributed by atoms with van der Waals surface area (Å²) in [7, 11) is 0. The Morgan fingerprint density at radius 1 is 0.889 bits per heavy atom. The van der Waals surface area contributed by atoms with E-state index in [1.54, 1.807) is 29.0 Å². The highest BCUT2D eigenvalue weighted by atomic mass is 19.1. The van der Waals surface area contributed by atoms with Gasteiger partial charge in [0.05, 0.1) is 29.7 Å². The second-order valence-corrected chi connectivity index (χ2v) is 12.0. The third kappa shape index (κ3) is 5.44. The van der Waals surface area contributed by atoms with Gasteiger partial charge in [-0.25, -0.2) is 18.9 Å². The van der Waals surface area contributed by atoms with Crippen LogP contribution in [0.4, 0.5) is 4.39 Å². The third-order valence-corrected chi connectivity index (χ3v) is 8.81. The molecule has 2 fully saturated rings. The van der Waals surface area contributed by atoms with Gasteiger partial charge in [0, 0.05) is 41.0 Å². The lowest BCUT2D eigenvalue weighted by Crippen LogP contribution is -2.30. The van der Waals surface area contributed by atoms with Crippen LogP contribution in [0.1, 0.15) is 59.5 Å². The number of carbonyl (C=O) groups excluding carboxylic acids is 1. The molecule has 224 valence electrons. The van der Waals surface area contributed by atoms with Crippen LogP contribution in [0.3, 0.4) is 0 Å². The number of nitrogens with one attached hydrogen (secondary N) is 1. The van der Waals surface area contributed by atoms with E-state index in [0.717, 1.165) is 78.4 Å². The van der Waals surface area contributed by atoms with E-state index in [0.29, 0.717) is 28.9 Å². The normalized spacial score (nSPS) is 15.5. The molecule has 0 radical (unpaired) electrons. The van der Waals surface area contributed by atoms with E-state index in [1.807, 2.05) is 54.7 Å². The molecule has 2 aliphatic rings. The molecule has 6 aromatic rings. The lowest BCUT2D eigenvalue weighted by molar-refractivity contribution is 0.0992. The van der Waals surface area contributed by atoms with Crippen LogP contribution in [0.15, 0.2) is 91.4 Å². The fourth-order valence-electron chi connectivity index (χ4n) is 6.38. The van der Waals surface area contributed by atoms with Gasteiger partial charge < -0.3 is 9.88 Å². The Kier molecular flexibility index (Phi) is 7.02. The first kappa shape index (κ1) is 27.5. The van der Waals surface area contributed by atoms with E-state index >= 15 is 0 Å². The first-order chi connectivity index (χ1) is 22.1. The van der Waals surface area contributed by atoms with Crippen molar-refractivity contribution in [2.45, 2.75) is 44.1 Å². The van der Waals surface area contributed by atoms with Gasteiger partial charge >= 0.3 is 0 Å². The minimum absolute atomic E-state index is 0.0129. The molecular formula is C36H32FN7O. The van der Waals surface area contributed by atoms with Crippen molar-refractivity contribution < 1.29 is 9.18 Å². The summed E-state index contributed by atoms with van der Waals surface area (Å²) in [4.78, 5) is 27.5. The molecule has 45 heavy (non-hydrogen) atoms. The first-order valence-electron chi connectivity index (χ1n) is 15.6. The number of hydrogen-bond donors (Lipinski definition) is 1. The molecule has 0 atom stereocenters. The number of aromatic nitrogens is 6. The molecule has 1 N–H and O–H groups in total. The second-order valence-electron chi connectivity index (χ2n) is 12.0. The molecule has 1 saturated carbocycles. The lowest BCUT2D eigenvalue weighted by atomic mass is 10.0. The average Bonchev–Trinajstić information content (AvgIpc) is 3.74. The smallest absolute Gasteiger partial charge is 0.168 e. The summed E-state index contributed by atoms with van der Waals surface area (Å²) in [5.41, 5.74) is 7.29. The molecule has 8 nitrogen and oxygen atoms in total. The summed E-state index contributed by atoms with van der Waals surface area (Å²) in [6.45, 7) is 1.91. The molecule has 0 unspecified atom stereocenters. The van der Waals surface area contributed by atoms with E-state index in [1.165, 1.54) is 12.1 Å². The van der Waals surface area contributed by atoms with Crippen molar-refractivity contribution in [2.75, 3.05) is 13.1 Å². The maximum Gasteiger partial charge on any atom is 0.168 e. The van der Waals surface area contributed by atoms with Gasteiger partial charge in [-0.15, -0.1) is 0 Å². The highest BCUT2D eigenvalue weighted by molar-refractivity contribution is 5.98. The summed E-state index contributed by atoms with van der Waals surface area (Å²) in [5.74, 6) is 1.24. The van der Waals surface area contributed by atoms with Crippen LogP contribution in [0.2, 0.25) is 0 Å². The minimum atomic E-state index is -0.274. The number of Topliss-reactive ketones (excluding diaryl/α,β-unsaturated/α-hetero) is 1. The van der Waals surface area contributed by atoms with Crippen molar-refractivity contribution in [3.8, 4) is 33.8 Å². The summed E-state index contributed by atoms with van der Waals surface area (Å²) in [6.07, 6.45) is 9.79. The van der Waals surface area contributed by atoms with Gasteiger partial charge in [0.25, 0.3) is 0 Å². The van der Waals surface area contributed by atoms with E-state index in [-0.39, 0.29) is 18.0 Å². The van der Waals surface area contributed by atoms with Crippen LogP contribution < -0.4 is 5.32 Å². The van der Waals surface area contributed by atoms with Crippen LogP contribution in [0.5, 0.6) is 0 Å². The standard InChI is InChI=1S/C36H32FN7O/c37-28-10-8-23(9-11-28)34-35(44(30-14-17-38-18-15-30)36(41-34)24-6-7-24)31-12-13-33-40-29(22-43(33)42-31)20-32(45)26-4-1-3-25(19-26)27-5-2-16-39-21-27/h1-5,8-13,16,19,21-22,24,30,38H,6-7,14-15,17-18,20H2. The molecule has 1 aliphatic heterocycles. The molecular weight excluding hydrogens is 565 g/mol. The predicted octanol–water partition coefficient (Wildman–Crippen LogP) is 6.69. The number of carbonyl (C=O) groups is 1. The van der Waals surface area contributed by atoms with Crippen molar-refractivity contribution in [1.29, 1.82) is 0 Å². The number of benzene rings is 2. The summed E-state index contributed by atoms with van der Waals surface area (Å²) < 4.78 is 18.1. The van der Waals surface area contributed by atoms with Crippen molar-refractivity contribution in [1.82, 2.24) is 34.4 Å². The number of nitrogens with zero attached hydrogens (tertiary/aromatic N) is 6. The van der Waals surface area contributed by atoms with Gasteiger partial charge in [-0.2, -0.15) is 5.10 Å². The van der Waals surface area contributed by atoms with Gasteiger partial charge in [-0.05, 0) is 92.9 Å². The maximum atomic E-state index is 13.9. The number of imidazole rings is 2. The van der Waals surface area contributed by atoms with Gasteiger partial charge in [0.1, 0.15) is 17.3 Å². The van der Waals surface area contributed by atoms with Crippen LogP contribution in [-0.4, -0.2) is 48.0 Å². The number of rotatable bonds is 8. The third-order valence-electron chi connectivity index (χ3n) is 8.81. The largest absolute Gasteiger partial charge is 0.323 e. The summed E-state index contributed by atoms with van der Waals surface area (Å²) in [6, 6.07) is 22.3. The number of fused-ring (bicyclic) bond motifs is 1. The zero-order valence-electron chi connectivity index (χ0n) is 24.7. The van der Waals surface area contributed by atoms with E-state index in [4.69, 9.17) is 15.1 Å². The highest BCUT2D eigenvalue weighted by Crippen LogP contribution is 2.46. The Morgan fingerprint density at radius 2 is 1.71 bits per heavy atom. The SMILES string of the molecule is O=C(Cc1cn2nc(-c3c(-c4ccc(F)cc4)nc(C4CC4)n3C3CCNCC3)ccc2n1)c1cccc(-c2cccnc2)c1. The number of hydrogen-bond acceptors (Lipinski definition) is 6. The predicted molar refractivity (Wildman–Crippen MR) is 170 cm³/mol. The molecule has 4 aromatic heterocycles. The van der Waals surface area contributed by atoms with E-state index in [2.05, 4.69) is 14.9 Å². The number of pyridine rings is 1. The molecule has 2 aromatic carbocycles. The summed E-state index contributed by atoms with van der Waals surface area (Å²) >= 11 is 0.